The first-order valence-corrected chi connectivity index (χ1v) is 4.90. The van der Waals surface area contributed by atoms with Crippen LogP contribution in [0.3, 0.4) is 0 Å². The van der Waals surface area contributed by atoms with E-state index in [0.29, 0.717) is 5.92 Å². The van der Waals surface area contributed by atoms with Crippen molar-refractivity contribution in [2.75, 3.05) is 13.1 Å². The molecule has 1 aliphatic rings. The van der Waals surface area contributed by atoms with E-state index in [1.807, 2.05) is 0 Å². The molecule has 0 radical (unpaired) electrons. The zero-order valence-electron chi connectivity index (χ0n) is 7.79. The van der Waals surface area contributed by atoms with Gasteiger partial charge in [0.05, 0.1) is 0 Å². The number of nitrogens with one attached hydrogen (secondary N) is 1. The number of benzene rings is 1. The molecule has 2 nitrogen and oxygen atoms in total. The molecule has 0 spiro atoms. The molecule has 70 valence electrons. The van der Waals surface area contributed by atoms with Crippen molar-refractivity contribution in [1.29, 1.82) is 0 Å². The van der Waals surface area contributed by atoms with E-state index < -0.39 is 0 Å². The van der Waals surface area contributed by atoms with Crippen LogP contribution in [0.1, 0.15) is 23.5 Å². The van der Waals surface area contributed by atoms with E-state index in [2.05, 4.69) is 29.6 Å². The minimum absolute atomic E-state index is 0.620. The maximum absolute atomic E-state index is 5.59. The van der Waals surface area contributed by atoms with Crippen LogP contribution in [0.2, 0.25) is 0 Å². The van der Waals surface area contributed by atoms with Crippen LogP contribution in [0.15, 0.2) is 24.3 Å². The fraction of sp³-hybridized carbons (Fsp3) is 0.455. The first-order chi connectivity index (χ1) is 6.42. The molecule has 2 rings (SSSR count). The fourth-order valence-electron chi connectivity index (χ4n) is 2.04. The number of fused-ring (bicyclic) bond motifs is 1. The predicted octanol–water partition coefficient (Wildman–Crippen LogP) is 1.22. The Labute approximate surface area is 79.1 Å². The van der Waals surface area contributed by atoms with Crippen LogP contribution in [-0.4, -0.2) is 13.1 Å². The Hall–Kier alpha value is -0.860. The Bertz CT molecular complexity index is 283. The lowest BCUT2D eigenvalue weighted by Gasteiger charge is -2.25. The number of hydrogen-bond acceptors (Lipinski definition) is 2. The van der Waals surface area contributed by atoms with Gasteiger partial charge in [0.2, 0.25) is 0 Å². The lowest BCUT2D eigenvalue weighted by Crippen LogP contribution is -2.29. The van der Waals surface area contributed by atoms with Crippen LogP contribution in [0.25, 0.3) is 0 Å². The Morgan fingerprint density at radius 3 is 3.08 bits per heavy atom. The molecule has 0 aromatic heterocycles. The largest absolute Gasteiger partial charge is 0.330 e. The second-order valence-electron chi connectivity index (χ2n) is 3.60. The molecule has 1 aliphatic heterocycles. The number of hydrogen-bond donors (Lipinski definition) is 2. The van der Waals surface area contributed by atoms with Gasteiger partial charge in [0.15, 0.2) is 0 Å². The van der Waals surface area contributed by atoms with E-state index in [1.54, 1.807) is 0 Å². The maximum Gasteiger partial charge on any atom is 0.0208 e. The third-order valence-corrected chi connectivity index (χ3v) is 2.72. The predicted molar refractivity (Wildman–Crippen MR) is 54.6 cm³/mol. The second-order valence-corrected chi connectivity index (χ2v) is 3.60. The molecular formula is C11H16N2. The molecule has 1 aromatic carbocycles. The number of rotatable bonds is 2. The average Bonchev–Trinajstić information content (AvgIpc) is 2.19. The summed E-state index contributed by atoms with van der Waals surface area (Å²) in [7, 11) is 0. The van der Waals surface area contributed by atoms with Crippen LogP contribution in [-0.2, 0) is 6.54 Å². The first-order valence-electron chi connectivity index (χ1n) is 4.90. The summed E-state index contributed by atoms with van der Waals surface area (Å²) in [6.07, 6.45) is 1.09. The summed E-state index contributed by atoms with van der Waals surface area (Å²) in [5.74, 6) is 0.620. The summed E-state index contributed by atoms with van der Waals surface area (Å²) < 4.78 is 0. The normalized spacial score (nSPS) is 21.2. The van der Waals surface area contributed by atoms with Crippen LogP contribution >= 0.6 is 0 Å². The van der Waals surface area contributed by atoms with Gasteiger partial charge in [-0.05, 0) is 30.0 Å². The fourth-order valence-corrected chi connectivity index (χ4v) is 2.04. The SMILES string of the molecule is NCCC1CNCc2ccccc21. The second kappa shape index (κ2) is 3.90. The molecule has 0 fully saturated rings. The van der Waals surface area contributed by atoms with E-state index in [4.69, 9.17) is 5.73 Å². The molecule has 1 heterocycles. The average molecular weight is 176 g/mol. The summed E-state index contributed by atoms with van der Waals surface area (Å²) in [5.41, 5.74) is 8.52. The van der Waals surface area contributed by atoms with Crippen LogP contribution in [0.4, 0.5) is 0 Å². The summed E-state index contributed by atoms with van der Waals surface area (Å²) in [6.45, 7) is 2.87. The van der Waals surface area contributed by atoms with Crippen molar-refractivity contribution in [3.8, 4) is 0 Å². The Morgan fingerprint density at radius 2 is 2.23 bits per heavy atom. The highest BCUT2D eigenvalue weighted by molar-refractivity contribution is 5.32. The zero-order valence-corrected chi connectivity index (χ0v) is 7.79. The topological polar surface area (TPSA) is 38.0 Å². The molecule has 0 bridgehead atoms. The molecule has 0 saturated heterocycles. The van der Waals surface area contributed by atoms with Gasteiger partial charge in [-0.1, -0.05) is 24.3 Å². The standard InChI is InChI=1S/C11H16N2/c12-6-5-10-8-13-7-9-3-1-2-4-11(9)10/h1-4,10,13H,5-8,12H2. The molecule has 1 aromatic rings. The number of nitrogens with two attached hydrogens (primary N) is 1. The van der Waals surface area contributed by atoms with Gasteiger partial charge in [0, 0.05) is 13.1 Å². The van der Waals surface area contributed by atoms with Crippen molar-refractivity contribution < 1.29 is 0 Å². The van der Waals surface area contributed by atoms with E-state index in [9.17, 15) is 0 Å². The minimum atomic E-state index is 0.620. The Balaban J connectivity index is 2.26. The third kappa shape index (κ3) is 1.74. The Morgan fingerprint density at radius 1 is 1.38 bits per heavy atom. The molecule has 0 aliphatic carbocycles. The van der Waals surface area contributed by atoms with Gasteiger partial charge in [-0.3, -0.25) is 0 Å². The third-order valence-electron chi connectivity index (χ3n) is 2.72. The molecule has 1 atom stereocenters. The van der Waals surface area contributed by atoms with Crippen molar-refractivity contribution in [1.82, 2.24) is 5.32 Å². The van der Waals surface area contributed by atoms with Crippen LogP contribution in [0.5, 0.6) is 0 Å². The van der Waals surface area contributed by atoms with Gasteiger partial charge in [-0.25, -0.2) is 0 Å². The van der Waals surface area contributed by atoms with E-state index in [1.165, 1.54) is 11.1 Å². The summed E-state index contributed by atoms with van der Waals surface area (Å²) in [6, 6.07) is 8.65. The van der Waals surface area contributed by atoms with Crippen molar-refractivity contribution in [3.63, 3.8) is 0 Å². The maximum atomic E-state index is 5.59. The molecule has 2 heteroatoms. The monoisotopic (exact) mass is 176 g/mol. The van der Waals surface area contributed by atoms with E-state index in [-0.39, 0.29) is 0 Å². The molecule has 13 heavy (non-hydrogen) atoms. The highest BCUT2D eigenvalue weighted by Gasteiger charge is 2.17. The smallest absolute Gasteiger partial charge is 0.0208 e. The van der Waals surface area contributed by atoms with Crippen LogP contribution < -0.4 is 11.1 Å². The summed E-state index contributed by atoms with van der Waals surface area (Å²) in [5, 5.41) is 3.42. The summed E-state index contributed by atoms with van der Waals surface area (Å²) in [4.78, 5) is 0. The van der Waals surface area contributed by atoms with E-state index >= 15 is 0 Å². The quantitative estimate of drug-likeness (QED) is 0.711. The van der Waals surface area contributed by atoms with Crippen molar-refractivity contribution in [2.45, 2.75) is 18.9 Å². The van der Waals surface area contributed by atoms with E-state index in [0.717, 1.165) is 26.1 Å². The first kappa shape index (κ1) is 8.73. The van der Waals surface area contributed by atoms with Gasteiger partial charge in [-0.15, -0.1) is 0 Å². The highest BCUT2D eigenvalue weighted by Crippen LogP contribution is 2.25. The lowest BCUT2D eigenvalue weighted by molar-refractivity contribution is 0.519. The van der Waals surface area contributed by atoms with Crippen molar-refractivity contribution >= 4 is 0 Å². The molecule has 0 amide bonds. The minimum Gasteiger partial charge on any atom is -0.330 e. The van der Waals surface area contributed by atoms with Crippen molar-refractivity contribution in [2.24, 2.45) is 5.73 Å². The molecule has 3 N–H and O–H groups in total. The van der Waals surface area contributed by atoms with Crippen LogP contribution in [0, 0.1) is 0 Å². The Kier molecular flexibility index (Phi) is 2.62. The molecule has 0 saturated carbocycles. The van der Waals surface area contributed by atoms with Gasteiger partial charge in [0.25, 0.3) is 0 Å². The lowest BCUT2D eigenvalue weighted by atomic mass is 9.89. The van der Waals surface area contributed by atoms with Gasteiger partial charge < -0.3 is 11.1 Å². The summed E-state index contributed by atoms with van der Waals surface area (Å²) >= 11 is 0. The highest BCUT2D eigenvalue weighted by atomic mass is 14.9. The van der Waals surface area contributed by atoms with Gasteiger partial charge in [-0.2, -0.15) is 0 Å². The van der Waals surface area contributed by atoms with Gasteiger partial charge in [0.1, 0.15) is 0 Å². The van der Waals surface area contributed by atoms with Crippen molar-refractivity contribution in [3.05, 3.63) is 35.4 Å². The molecule has 1 unspecified atom stereocenters. The van der Waals surface area contributed by atoms with Gasteiger partial charge >= 0.3 is 0 Å². The zero-order chi connectivity index (χ0) is 9.10. The molecular weight excluding hydrogens is 160 g/mol.